The van der Waals surface area contributed by atoms with E-state index in [9.17, 15) is 18.0 Å². The molecule has 3 aromatic rings. The molecule has 174 valence electrons. The Labute approximate surface area is 194 Å². The highest BCUT2D eigenvalue weighted by Gasteiger charge is 2.36. The van der Waals surface area contributed by atoms with Crippen LogP contribution in [0.3, 0.4) is 0 Å². The number of fused-ring (bicyclic) bond motifs is 1. The van der Waals surface area contributed by atoms with E-state index in [1.807, 2.05) is 37.3 Å². The van der Waals surface area contributed by atoms with Crippen molar-refractivity contribution in [3.8, 4) is 0 Å². The highest BCUT2D eigenvalue weighted by molar-refractivity contribution is 7.91. The molecule has 0 spiro atoms. The van der Waals surface area contributed by atoms with Crippen LogP contribution in [0.2, 0.25) is 0 Å². The first-order chi connectivity index (χ1) is 15.4. The van der Waals surface area contributed by atoms with Gasteiger partial charge in [-0.1, -0.05) is 51.1 Å². The second kappa shape index (κ2) is 8.45. The van der Waals surface area contributed by atoms with Gasteiger partial charge in [-0.25, -0.2) is 8.42 Å². The van der Waals surface area contributed by atoms with Gasteiger partial charge in [-0.3, -0.25) is 9.59 Å². The standard InChI is InChI=1S/C26H29NO5S/c1-17-5-10-21-22(28)14-24(32-23(21)13-17)25(29)27(20-11-12-33(30,31)16-20)15-18-6-8-19(9-7-18)26(2,3)4/h5-10,13-14,20H,11-12,15-16H2,1-4H3/t20-/m1/s1. The van der Waals surface area contributed by atoms with Gasteiger partial charge in [0, 0.05) is 18.7 Å². The van der Waals surface area contributed by atoms with Crippen LogP contribution < -0.4 is 5.43 Å². The third kappa shape index (κ3) is 5.03. The fraction of sp³-hybridized carbons (Fsp3) is 0.385. The molecule has 4 rings (SSSR count). The SMILES string of the molecule is Cc1ccc2c(=O)cc(C(=O)N(Cc3ccc(C(C)(C)C)cc3)[C@@H]3CCS(=O)(=O)C3)oc2c1. The first kappa shape index (κ1) is 23.2. The van der Waals surface area contributed by atoms with E-state index >= 15 is 0 Å². The quantitative estimate of drug-likeness (QED) is 0.573. The molecule has 1 amide bonds. The molecule has 1 atom stereocenters. The Bertz CT molecular complexity index is 1360. The molecule has 7 heteroatoms. The summed E-state index contributed by atoms with van der Waals surface area (Å²) in [6, 6.07) is 13.9. The van der Waals surface area contributed by atoms with Crippen LogP contribution in [0.5, 0.6) is 0 Å². The third-order valence-electron chi connectivity index (χ3n) is 6.18. The van der Waals surface area contributed by atoms with E-state index in [-0.39, 0.29) is 34.7 Å². The average molecular weight is 468 g/mol. The van der Waals surface area contributed by atoms with Gasteiger partial charge in [0.15, 0.2) is 21.0 Å². The third-order valence-corrected chi connectivity index (χ3v) is 7.93. The highest BCUT2D eigenvalue weighted by atomic mass is 32.2. The summed E-state index contributed by atoms with van der Waals surface area (Å²) in [6.45, 7) is 8.50. The number of benzene rings is 2. The second-order valence-corrected chi connectivity index (χ2v) is 12.1. The fourth-order valence-electron chi connectivity index (χ4n) is 4.20. The number of aryl methyl sites for hydroxylation is 1. The van der Waals surface area contributed by atoms with Crippen molar-refractivity contribution in [3.05, 3.63) is 81.2 Å². The van der Waals surface area contributed by atoms with E-state index in [2.05, 4.69) is 20.8 Å². The van der Waals surface area contributed by atoms with Gasteiger partial charge in [0.2, 0.25) is 0 Å². The molecular formula is C26H29NO5S. The Morgan fingerprint density at radius 1 is 1.09 bits per heavy atom. The van der Waals surface area contributed by atoms with Crippen LogP contribution in [0.4, 0.5) is 0 Å². The maximum Gasteiger partial charge on any atom is 0.290 e. The first-order valence-corrected chi connectivity index (χ1v) is 12.9. The molecule has 1 saturated heterocycles. The molecule has 1 aromatic heterocycles. The van der Waals surface area contributed by atoms with E-state index < -0.39 is 21.8 Å². The van der Waals surface area contributed by atoms with E-state index in [0.717, 1.165) is 11.1 Å². The van der Waals surface area contributed by atoms with Gasteiger partial charge in [0.05, 0.1) is 16.9 Å². The molecule has 0 saturated carbocycles. The summed E-state index contributed by atoms with van der Waals surface area (Å²) in [5.74, 6) is -0.590. The lowest BCUT2D eigenvalue weighted by Gasteiger charge is -2.28. The molecule has 2 aromatic carbocycles. The van der Waals surface area contributed by atoms with E-state index in [4.69, 9.17) is 4.42 Å². The topological polar surface area (TPSA) is 84.7 Å². The summed E-state index contributed by atoms with van der Waals surface area (Å²) in [5, 5.41) is 0.407. The summed E-state index contributed by atoms with van der Waals surface area (Å²) in [6.07, 6.45) is 0.366. The monoisotopic (exact) mass is 467 g/mol. The van der Waals surface area contributed by atoms with Gasteiger partial charge in [-0.2, -0.15) is 0 Å². The number of carbonyl (C=O) groups is 1. The summed E-state index contributed by atoms with van der Waals surface area (Å²) in [7, 11) is -3.21. The number of nitrogens with zero attached hydrogens (tertiary/aromatic N) is 1. The zero-order valence-corrected chi connectivity index (χ0v) is 20.2. The molecular weight excluding hydrogens is 438 g/mol. The predicted octanol–water partition coefficient (Wildman–Crippen LogP) is 4.23. The molecule has 33 heavy (non-hydrogen) atoms. The number of sulfone groups is 1. The predicted molar refractivity (Wildman–Crippen MR) is 129 cm³/mol. The lowest BCUT2D eigenvalue weighted by Crippen LogP contribution is -2.41. The largest absolute Gasteiger partial charge is 0.451 e. The minimum Gasteiger partial charge on any atom is -0.451 e. The van der Waals surface area contributed by atoms with Gasteiger partial charge >= 0.3 is 0 Å². The molecule has 0 radical (unpaired) electrons. The van der Waals surface area contributed by atoms with Crippen LogP contribution in [0.1, 0.15) is 54.4 Å². The van der Waals surface area contributed by atoms with Crippen molar-refractivity contribution in [1.82, 2.24) is 4.90 Å². The maximum atomic E-state index is 13.6. The lowest BCUT2D eigenvalue weighted by atomic mass is 9.86. The summed E-state index contributed by atoms with van der Waals surface area (Å²) in [5.41, 5.74) is 3.02. The second-order valence-electron chi connectivity index (χ2n) is 9.91. The van der Waals surface area contributed by atoms with E-state index in [0.29, 0.717) is 17.4 Å². The van der Waals surface area contributed by atoms with Crippen LogP contribution in [0.15, 0.2) is 57.7 Å². The molecule has 0 bridgehead atoms. The minimum atomic E-state index is -3.21. The summed E-state index contributed by atoms with van der Waals surface area (Å²) in [4.78, 5) is 27.7. The molecule has 0 unspecified atom stereocenters. The Hall–Kier alpha value is -2.93. The molecule has 2 heterocycles. The summed E-state index contributed by atoms with van der Waals surface area (Å²) < 4.78 is 30.2. The van der Waals surface area contributed by atoms with Crippen LogP contribution in [0.25, 0.3) is 11.0 Å². The van der Waals surface area contributed by atoms with Gasteiger partial charge in [-0.15, -0.1) is 0 Å². The van der Waals surface area contributed by atoms with Crippen LogP contribution >= 0.6 is 0 Å². The number of hydrogen-bond acceptors (Lipinski definition) is 5. The zero-order valence-electron chi connectivity index (χ0n) is 19.4. The van der Waals surface area contributed by atoms with Crippen molar-refractivity contribution in [1.29, 1.82) is 0 Å². The summed E-state index contributed by atoms with van der Waals surface area (Å²) >= 11 is 0. The number of amides is 1. The van der Waals surface area contributed by atoms with E-state index in [1.165, 1.54) is 16.5 Å². The Morgan fingerprint density at radius 3 is 2.39 bits per heavy atom. The molecule has 6 nitrogen and oxygen atoms in total. The van der Waals surface area contributed by atoms with Gasteiger partial charge in [0.25, 0.3) is 5.91 Å². The van der Waals surface area contributed by atoms with Crippen LogP contribution in [-0.4, -0.2) is 36.8 Å². The molecule has 1 aliphatic heterocycles. The number of rotatable bonds is 4. The van der Waals surface area contributed by atoms with Crippen molar-refractivity contribution >= 4 is 26.7 Å². The number of hydrogen-bond donors (Lipinski definition) is 0. The zero-order chi connectivity index (χ0) is 24.0. The Kier molecular flexibility index (Phi) is 5.95. The Balaban J connectivity index is 1.71. The molecule has 0 N–H and O–H groups in total. The maximum absolute atomic E-state index is 13.6. The molecule has 0 aliphatic carbocycles. The molecule has 1 fully saturated rings. The fourth-order valence-corrected chi connectivity index (χ4v) is 5.93. The smallest absolute Gasteiger partial charge is 0.290 e. The van der Waals surface area contributed by atoms with Gasteiger partial charge < -0.3 is 9.32 Å². The normalized spacial score (nSPS) is 17.9. The Morgan fingerprint density at radius 2 is 1.79 bits per heavy atom. The lowest BCUT2D eigenvalue weighted by molar-refractivity contribution is 0.0648. The van der Waals surface area contributed by atoms with Gasteiger partial charge in [0.1, 0.15) is 5.58 Å². The van der Waals surface area contributed by atoms with Crippen molar-refractivity contribution in [2.24, 2.45) is 0 Å². The van der Waals surface area contributed by atoms with Crippen molar-refractivity contribution in [2.45, 2.75) is 52.1 Å². The average Bonchev–Trinajstić information content (AvgIpc) is 3.10. The highest BCUT2D eigenvalue weighted by Crippen LogP contribution is 2.26. The van der Waals surface area contributed by atoms with Gasteiger partial charge in [-0.05, 0) is 47.6 Å². The van der Waals surface area contributed by atoms with Crippen molar-refractivity contribution in [2.75, 3.05) is 11.5 Å². The van der Waals surface area contributed by atoms with Crippen LogP contribution in [0, 0.1) is 6.92 Å². The molecule has 1 aliphatic rings. The van der Waals surface area contributed by atoms with Crippen molar-refractivity contribution < 1.29 is 17.6 Å². The van der Waals surface area contributed by atoms with Crippen molar-refractivity contribution in [3.63, 3.8) is 0 Å². The minimum absolute atomic E-state index is 0.000199. The van der Waals surface area contributed by atoms with E-state index in [1.54, 1.807) is 12.1 Å². The van der Waals surface area contributed by atoms with Crippen LogP contribution in [-0.2, 0) is 21.8 Å². The number of carbonyl (C=O) groups excluding carboxylic acids is 1. The first-order valence-electron chi connectivity index (χ1n) is 11.1.